The van der Waals surface area contributed by atoms with Crippen LogP contribution in [0.3, 0.4) is 0 Å². The van der Waals surface area contributed by atoms with Gasteiger partial charge in [-0.3, -0.25) is 4.79 Å². The van der Waals surface area contributed by atoms with Crippen LogP contribution in [0.5, 0.6) is 0 Å². The van der Waals surface area contributed by atoms with E-state index in [4.69, 9.17) is 0 Å². The molecule has 5 heteroatoms. The van der Waals surface area contributed by atoms with Gasteiger partial charge in [-0.25, -0.2) is 4.98 Å². The highest BCUT2D eigenvalue weighted by molar-refractivity contribution is 7.15. The number of rotatable bonds is 4. The van der Waals surface area contributed by atoms with Crippen LogP contribution in [0.25, 0.3) is 0 Å². The van der Waals surface area contributed by atoms with E-state index in [0.717, 1.165) is 5.13 Å². The predicted octanol–water partition coefficient (Wildman–Crippen LogP) is 1.85. The van der Waals surface area contributed by atoms with Crippen LogP contribution >= 0.6 is 11.3 Å². The lowest BCUT2D eigenvalue weighted by Crippen LogP contribution is -2.14. The Morgan fingerprint density at radius 1 is 1.71 bits per heavy atom. The summed E-state index contributed by atoms with van der Waals surface area (Å²) < 4.78 is 4.50. The van der Waals surface area contributed by atoms with Gasteiger partial charge in [0.25, 0.3) is 0 Å². The van der Waals surface area contributed by atoms with E-state index in [2.05, 4.69) is 28.9 Å². The van der Waals surface area contributed by atoms with Crippen molar-refractivity contribution in [2.24, 2.45) is 0 Å². The lowest BCUT2D eigenvalue weighted by atomic mass is 10.2. The first-order chi connectivity index (χ1) is 6.63. The minimum atomic E-state index is -0.286. The van der Waals surface area contributed by atoms with E-state index in [1.807, 2.05) is 6.20 Å². The zero-order valence-corrected chi connectivity index (χ0v) is 9.35. The van der Waals surface area contributed by atoms with Crippen molar-refractivity contribution >= 4 is 22.4 Å². The first-order valence-electron chi connectivity index (χ1n) is 4.40. The Bertz CT molecular complexity index is 310. The SMILES string of the molecule is COC(=O)CNc1ncc(C(C)C)s1. The normalized spacial score (nSPS) is 10.3. The maximum Gasteiger partial charge on any atom is 0.325 e. The van der Waals surface area contributed by atoms with E-state index in [0.29, 0.717) is 5.92 Å². The Balaban J connectivity index is 2.48. The molecule has 0 saturated carbocycles. The van der Waals surface area contributed by atoms with Gasteiger partial charge in [0.05, 0.1) is 7.11 Å². The molecule has 0 radical (unpaired) electrons. The number of hydrogen-bond donors (Lipinski definition) is 1. The number of ether oxygens (including phenoxy) is 1. The molecule has 0 saturated heterocycles. The van der Waals surface area contributed by atoms with Crippen LogP contribution in [0.4, 0.5) is 5.13 Å². The van der Waals surface area contributed by atoms with Crippen LogP contribution in [0, 0.1) is 0 Å². The first kappa shape index (κ1) is 11.0. The van der Waals surface area contributed by atoms with Crippen molar-refractivity contribution in [3.05, 3.63) is 11.1 Å². The second-order valence-corrected chi connectivity index (χ2v) is 4.21. The Labute approximate surface area is 87.3 Å². The van der Waals surface area contributed by atoms with Crippen molar-refractivity contribution in [3.63, 3.8) is 0 Å². The molecular weight excluding hydrogens is 200 g/mol. The maximum absolute atomic E-state index is 10.8. The summed E-state index contributed by atoms with van der Waals surface area (Å²) >= 11 is 1.56. The Morgan fingerprint density at radius 2 is 2.43 bits per heavy atom. The summed E-state index contributed by atoms with van der Waals surface area (Å²) in [6.45, 7) is 4.39. The van der Waals surface area contributed by atoms with Gasteiger partial charge in [-0.15, -0.1) is 11.3 Å². The topological polar surface area (TPSA) is 51.2 Å². The molecule has 0 aliphatic carbocycles. The fourth-order valence-corrected chi connectivity index (χ4v) is 1.67. The number of nitrogens with one attached hydrogen (secondary N) is 1. The van der Waals surface area contributed by atoms with Crippen LogP contribution in [-0.4, -0.2) is 24.6 Å². The number of carbonyl (C=O) groups excluding carboxylic acids is 1. The first-order valence-corrected chi connectivity index (χ1v) is 5.21. The second-order valence-electron chi connectivity index (χ2n) is 3.15. The highest BCUT2D eigenvalue weighted by Gasteiger charge is 2.06. The summed E-state index contributed by atoms with van der Waals surface area (Å²) in [5.74, 6) is 0.187. The fourth-order valence-electron chi connectivity index (χ4n) is 0.855. The number of nitrogens with zero attached hydrogens (tertiary/aromatic N) is 1. The highest BCUT2D eigenvalue weighted by atomic mass is 32.1. The van der Waals surface area contributed by atoms with E-state index in [1.54, 1.807) is 11.3 Å². The third kappa shape index (κ3) is 2.99. The molecule has 0 aliphatic rings. The predicted molar refractivity (Wildman–Crippen MR) is 56.7 cm³/mol. The number of aromatic nitrogens is 1. The van der Waals surface area contributed by atoms with E-state index in [-0.39, 0.29) is 12.5 Å². The average molecular weight is 214 g/mol. The molecule has 1 aromatic heterocycles. The maximum atomic E-state index is 10.8. The minimum Gasteiger partial charge on any atom is -0.468 e. The highest BCUT2D eigenvalue weighted by Crippen LogP contribution is 2.24. The summed E-state index contributed by atoms with van der Waals surface area (Å²) in [5, 5.41) is 3.67. The van der Waals surface area contributed by atoms with Crippen molar-refractivity contribution in [2.75, 3.05) is 19.0 Å². The largest absolute Gasteiger partial charge is 0.468 e. The van der Waals surface area contributed by atoms with Gasteiger partial charge in [0.1, 0.15) is 6.54 Å². The van der Waals surface area contributed by atoms with Gasteiger partial charge in [-0.1, -0.05) is 13.8 Å². The molecule has 1 rings (SSSR count). The molecule has 1 N–H and O–H groups in total. The van der Waals surface area contributed by atoms with Crippen LogP contribution < -0.4 is 5.32 Å². The molecule has 78 valence electrons. The molecular formula is C9H14N2O2S. The Morgan fingerprint density at radius 3 is 2.93 bits per heavy atom. The van der Waals surface area contributed by atoms with Gasteiger partial charge >= 0.3 is 5.97 Å². The average Bonchev–Trinajstić information content (AvgIpc) is 2.62. The lowest BCUT2D eigenvalue weighted by Gasteiger charge is -2.00. The minimum absolute atomic E-state index is 0.168. The number of esters is 1. The summed E-state index contributed by atoms with van der Waals surface area (Å²) in [6, 6.07) is 0. The summed E-state index contributed by atoms with van der Waals surface area (Å²) in [6.07, 6.45) is 1.83. The Hall–Kier alpha value is -1.10. The second kappa shape index (κ2) is 4.95. The van der Waals surface area contributed by atoms with Gasteiger partial charge in [0, 0.05) is 11.1 Å². The standard InChI is InChI=1S/C9H14N2O2S/c1-6(2)7-4-10-9(14-7)11-5-8(12)13-3/h4,6H,5H2,1-3H3,(H,10,11). The summed E-state index contributed by atoms with van der Waals surface area (Å²) in [4.78, 5) is 16.2. The molecule has 0 aromatic carbocycles. The van der Waals surface area contributed by atoms with Crippen molar-refractivity contribution in [1.29, 1.82) is 0 Å². The van der Waals surface area contributed by atoms with Crippen LogP contribution in [0.1, 0.15) is 24.6 Å². The van der Waals surface area contributed by atoms with Crippen molar-refractivity contribution in [1.82, 2.24) is 4.98 Å². The molecule has 14 heavy (non-hydrogen) atoms. The number of hydrogen-bond acceptors (Lipinski definition) is 5. The van der Waals surface area contributed by atoms with Crippen LogP contribution in [0.15, 0.2) is 6.20 Å². The van der Waals surface area contributed by atoms with Crippen LogP contribution in [0.2, 0.25) is 0 Å². The van der Waals surface area contributed by atoms with E-state index >= 15 is 0 Å². The molecule has 0 aliphatic heterocycles. The molecule has 0 amide bonds. The quantitative estimate of drug-likeness (QED) is 0.777. The summed E-state index contributed by atoms with van der Waals surface area (Å²) in [5.41, 5.74) is 0. The molecule has 0 bridgehead atoms. The number of anilines is 1. The van der Waals surface area contributed by atoms with Crippen molar-refractivity contribution in [3.8, 4) is 0 Å². The number of thiazole rings is 1. The molecule has 1 heterocycles. The van der Waals surface area contributed by atoms with E-state index in [9.17, 15) is 4.79 Å². The van der Waals surface area contributed by atoms with Gasteiger partial charge in [0.15, 0.2) is 5.13 Å². The van der Waals surface area contributed by atoms with Crippen molar-refractivity contribution in [2.45, 2.75) is 19.8 Å². The molecule has 4 nitrogen and oxygen atoms in total. The van der Waals surface area contributed by atoms with Gasteiger partial charge in [-0.2, -0.15) is 0 Å². The van der Waals surface area contributed by atoms with Gasteiger partial charge in [0.2, 0.25) is 0 Å². The Kier molecular flexibility index (Phi) is 3.88. The molecule has 0 unspecified atom stereocenters. The monoisotopic (exact) mass is 214 g/mol. The third-order valence-electron chi connectivity index (χ3n) is 1.70. The molecule has 0 fully saturated rings. The van der Waals surface area contributed by atoms with Gasteiger partial charge < -0.3 is 10.1 Å². The zero-order chi connectivity index (χ0) is 10.6. The van der Waals surface area contributed by atoms with Crippen molar-refractivity contribution < 1.29 is 9.53 Å². The smallest absolute Gasteiger partial charge is 0.325 e. The molecule has 1 aromatic rings. The van der Waals surface area contributed by atoms with E-state index < -0.39 is 0 Å². The van der Waals surface area contributed by atoms with Crippen LogP contribution in [-0.2, 0) is 9.53 Å². The number of methoxy groups -OCH3 is 1. The molecule has 0 atom stereocenters. The fraction of sp³-hybridized carbons (Fsp3) is 0.556. The van der Waals surface area contributed by atoms with E-state index in [1.165, 1.54) is 12.0 Å². The van der Waals surface area contributed by atoms with Gasteiger partial charge in [-0.05, 0) is 5.92 Å². The number of carbonyl (C=O) groups is 1. The summed E-state index contributed by atoms with van der Waals surface area (Å²) in [7, 11) is 1.37. The lowest BCUT2D eigenvalue weighted by molar-refractivity contribution is -0.138. The zero-order valence-electron chi connectivity index (χ0n) is 8.53. The third-order valence-corrected chi connectivity index (χ3v) is 2.96. The molecule has 0 spiro atoms.